The summed E-state index contributed by atoms with van der Waals surface area (Å²) in [6, 6.07) is 36.1. The summed E-state index contributed by atoms with van der Waals surface area (Å²) >= 11 is 0. The first-order valence-electron chi connectivity index (χ1n) is 13.2. The Morgan fingerprint density at radius 1 is 0.625 bits per heavy atom. The normalized spacial score (nSPS) is 12.6. The summed E-state index contributed by atoms with van der Waals surface area (Å²) in [6.45, 7) is 1.14. The molecule has 5 aromatic rings. The Morgan fingerprint density at radius 3 is 1.95 bits per heavy atom. The van der Waals surface area contributed by atoms with E-state index in [0.29, 0.717) is 35.1 Å². The van der Waals surface area contributed by atoms with Crippen LogP contribution < -0.4 is 10.4 Å². The second kappa shape index (κ2) is 10.8. The van der Waals surface area contributed by atoms with Crippen LogP contribution in [0.15, 0.2) is 115 Å². The molecule has 2 N–H and O–H groups in total. The fourth-order valence-corrected chi connectivity index (χ4v) is 5.48. The number of benzene rings is 5. The third-order valence-electron chi connectivity index (χ3n) is 7.40. The lowest BCUT2D eigenvalue weighted by Crippen LogP contribution is -2.40. The van der Waals surface area contributed by atoms with Crippen molar-refractivity contribution in [2.24, 2.45) is 0 Å². The minimum Gasteiger partial charge on any atom is -0.423 e. The van der Waals surface area contributed by atoms with E-state index in [9.17, 15) is 19.6 Å². The summed E-state index contributed by atoms with van der Waals surface area (Å²) in [4.78, 5) is 30.7. The molecule has 0 bridgehead atoms. The standard InChI is InChI=1S/C33H27BN2O4/c37-32-27-16-9-15-26-30(19-18-28(31(26)27)33(38)36(32)21-24-12-5-2-6-13-24)35(20-23-10-3-1-4-11-23)22-25-14-7-8-17-29(25)34(39)40/h1-19,39-40H,20-22H2. The third kappa shape index (κ3) is 4.77. The molecule has 0 saturated carbocycles. The van der Waals surface area contributed by atoms with Gasteiger partial charge in [-0.1, -0.05) is 97.1 Å². The van der Waals surface area contributed by atoms with Gasteiger partial charge in [0.1, 0.15) is 0 Å². The zero-order chi connectivity index (χ0) is 27.6. The predicted octanol–water partition coefficient (Wildman–Crippen LogP) is 4.52. The van der Waals surface area contributed by atoms with Crippen LogP contribution in [-0.4, -0.2) is 33.9 Å². The van der Waals surface area contributed by atoms with Gasteiger partial charge in [-0.2, -0.15) is 0 Å². The molecule has 196 valence electrons. The van der Waals surface area contributed by atoms with Gasteiger partial charge in [-0.3, -0.25) is 14.5 Å². The molecular weight excluding hydrogens is 499 g/mol. The Labute approximate surface area is 232 Å². The summed E-state index contributed by atoms with van der Waals surface area (Å²) in [7, 11) is -1.60. The predicted molar refractivity (Wildman–Crippen MR) is 157 cm³/mol. The quantitative estimate of drug-likeness (QED) is 0.230. The first-order valence-corrected chi connectivity index (χ1v) is 13.2. The number of hydrogen-bond donors (Lipinski definition) is 2. The topological polar surface area (TPSA) is 81.1 Å². The van der Waals surface area contributed by atoms with E-state index >= 15 is 0 Å². The molecule has 0 unspecified atom stereocenters. The average Bonchev–Trinajstić information content (AvgIpc) is 2.98. The minimum atomic E-state index is -1.60. The molecule has 1 heterocycles. The lowest BCUT2D eigenvalue weighted by Gasteiger charge is -2.31. The van der Waals surface area contributed by atoms with Crippen LogP contribution in [0.25, 0.3) is 10.8 Å². The van der Waals surface area contributed by atoms with Crippen molar-refractivity contribution in [2.45, 2.75) is 19.6 Å². The number of carbonyl (C=O) groups is 2. The highest BCUT2D eigenvalue weighted by Gasteiger charge is 2.34. The number of carbonyl (C=O) groups excluding carboxylic acids is 2. The number of rotatable bonds is 8. The number of nitrogens with zero attached hydrogens (tertiary/aromatic N) is 2. The van der Waals surface area contributed by atoms with Gasteiger partial charge >= 0.3 is 7.12 Å². The molecule has 1 aliphatic heterocycles. The molecule has 40 heavy (non-hydrogen) atoms. The van der Waals surface area contributed by atoms with Gasteiger partial charge in [-0.15, -0.1) is 0 Å². The molecule has 6 rings (SSSR count). The highest BCUT2D eigenvalue weighted by atomic mass is 16.4. The molecule has 0 fully saturated rings. The van der Waals surface area contributed by atoms with Gasteiger partial charge in [0.05, 0.1) is 6.54 Å². The van der Waals surface area contributed by atoms with Gasteiger partial charge in [0, 0.05) is 40.7 Å². The molecule has 2 amide bonds. The SMILES string of the molecule is O=C1c2cccc3c(N(Cc4ccccc4)Cc4ccccc4B(O)O)ccc(c23)C(=O)N1Cc1ccccc1. The number of hydrogen-bond acceptors (Lipinski definition) is 5. The summed E-state index contributed by atoms with van der Waals surface area (Å²) < 4.78 is 0. The van der Waals surface area contributed by atoms with Crippen LogP contribution in [0.4, 0.5) is 5.69 Å². The number of amides is 2. The van der Waals surface area contributed by atoms with Gasteiger partial charge in [-0.05, 0) is 40.4 Å². The van der Waals surface area contributed by atoms with Crippen LogP contribution >= 0.6 is 0 Å². The Bertz CT molecular complexity index is 1680. The van der Waals surface area contributed by atoms with Crippen molar-refractivity contribution in [3.63, 3.8) is 0 Å². The first kappa shape index (κ1) is 25.6. The van der Waals surface area contributed by atoms with Crippen LogP contribution in [0.5, 0.6) is 0 Å². The fourth-order valence-electron chi connectivity index (χ4n) is 5.48. The molecule has 1 aliphatic rings. The zero-order valence-corrected chi connectivity index (χ0v) is 21.8. The van der Waals surface area contributed by atoms with Crippen molar-refractivity contribution in [1.29, 1.82) is 0 Å². The van der Waals surface area contributed by atoms with Gasteiger partial charge in [0.2, 0.25) is 0 Å². The number of anilines is 1. The van der Waals surface area contributed by atoms with E-state index in [1.807, 2.05) is 91.0 Å². The van der Waals surface area contributed by atoms with Gasteiger partial charge in [0.15, 0.2) is 0 Å². The minimum absolute atomic E-state index is 0.205. The summed E-state index contributed by atoms with van der Waals surface area (Å²) in [5.41, 5.74) is 5.01. The lowest BCUT2D eigenvalue weighted by molar-refractivity contribution is 0.0598. The highest BCUT2D eigenvalue weighted by Crippen LogP contribution is 2.37. The van der Waals surface area contributed by atoms with Crippen molar-refractivity contribution in [3.8, 4) is 0 Å². The summed E-state index contributed by atoms with van der Waals surface area (Å²) in [6.07, 6.45) is 0. The van der Waals surface area contributed by atoms with E-state index in [1.54, 1.807) is 24.3 Å². The Morgan fingerprint density at radius 2 is 1.25 bits per heavy atom. The first-order chi connectivity index (χ1) is 19.5. The average molecular weight is 526 g/mol. The second-order valence-electron chi connectivity index (χ2n) is 9.96. The molecule has 0 aliphatic carbocycles. The highest BCUT2D eigenvalue weighted by molar-refractivity contribution is 6.59. The van der Waals surface area contributed by atoms with E-state index in [4.69, 9.17) is 0 Å². The molecule has 7 heteroatoms. The van der Waals surface area contributed by atoms with Gasteiger partial charge in [0.25, 0.3) is 11.8 Å². The molecule has 0 radical (unpaired) electrons. The smallest absolute Gasteiger partial charge is 0.423 e. The van der Waals surface area contributed by atoms with Crippen molar-refractivity contribution < 1.29 is 19.6 Å². The zero-order valence-electron chi connectivity index (χ0n) is 21.8. The van der Waals surface area contributed by atoms with Crippen molar-refractivity contribution in [3.05, 3.63) is 143 Å². The number of imide groups is 1. The molecule has 5 aromatic carbocycles. The van der Waals surface area contributed by atoms with E-state index in [1.165, 1.54) is 4.90 Å². The maximum atomic E-state index is 13.6. The lowest BCUT2D eigenvalue weighted by atomic mass is 9.77. The van der Waals surface area contributed by atoms with Crippen LogP contribution in [0.3, 0.4) is 0 Å². The molecule has 0 aromatic heterocycles. The van der Waals surface area contributed by atoms with Crippen LogP contribution in [0, 0.1) is 0 Å². The maximum Gasteiger partial charge on any atom is 0.488 e. The Balaban J connectivity index is 1.45. The van der Waals surface area contributed by atoms with Gasteiger partial charge in [-0.25, -0.2) is 0 Å². The Kier molecular flexibility index (Phi) is 6.90. The van der Waals surface area contributed by atoms with Crippen molar-refractivity contribution in [1.82, 2.24) is 4.90 Å². The van der Waals surface area contributed by atoms with E-state index in [2.05, 4.69) is 4.90 Å². The van der Waals surface area contributed by atoms with E-state index in [0.717, 1.165) is 27.8 Å². The van der Waals surface area contributed by atoms with Crippen LogP contribution in [0.2, 0.25) is 0 Å². The summed E-state index contributed by atoms with van der Waals surface area (Å²) in [5, 5.41) is 21.5. The third-order valence-corrected chi connectivity index (χ3v) is 7.40. The fraction of sp³-hybridized carbons (Fsp3) is 0.0909. The van der Waals surface area contributed by atoms with Crippen LogP contribution in [0.1, 0.15) is 37.4 Å². The van der Waals surface area contributed by atoms with Crippen LogP contribution in [-0.2, 0) is 19.6 Å². The Hall–Kier alpha value is -4.72. The monoisotopic (exact) mass is 526 g/mol. The maximum absolute atomic E-state index is 13.6. The van der Waals surface area contributed by atoms with E-state index in [-0.39, 0.29) is 18.4 Å². The van der Waals surface area contributed by atoms with Gasteiger partial charge < -0.3 is 14.9 Å². The van der Waals surface area contributed by atoms with Crippen molar-refractivity contribution >= 4 is 40.9 Å². The largest absolute Gasteiger partial charge is 0.488 e. The molecule has 0 atom stereocenters. The van der Waals surface area contributed by atoms with Crippen molar-refractivity contribution in [2.75, 3.05) is 4.90 Å². The molecule has 0 spiro atoms. The molecular formula is C33H27BN2O4. The summed E-state index contributed by atoms with van der Waals surface area (Å²) in [5.74, 6) is -0.625. The molecule has 6 nitrogen and oxygen atoms in total. The second-order valence-corrected chi connectivity index (χ2v) is 9.96. The molecule has 0 saturated heterocycles. The van der Waals surface area contributed by atoms with E-state index < -0.39 is 7.12 Å².